The summed E-state index contributed by atoms with van der Waals surface area (Å²) in [7, 11) is 0. The molecule has 1 aliphatic carbocycles. The zero-order chi connectivity index (χ0) is 11.7. The van der Waals surface area contributed by atoms with Gasteiger partial charge in [0.1, 0.15) is 11.9 Å². The molecule has 1 aliphatic heterocycles. The second-order valence-corrected chi connectivity index (χ2v) is 5.71. The highest BCUT2D eigenvalue weighted by atomic mass is 79.9. The van der Waals surface area contributed by atoms with Crippen LogP contribution in [0.25, 0.3) is 0 Å². The standard InChI is InChI=1S/C14H17BrO2/c15-12-2-1-3-13(14(12)10-4-5-10)17-11-6-8-16-9-7-11/h1-3,10-11H,4-9H2. The van der Waals surface area contributed by atoms with Crippen LogP contribution in [0.3, 0.4) is 0 Å². The third-order valence-corrected chi connectivity index (χ3v) is 4.15. The molecule has 0 radical (unpaired) electrons. The highest BCUT2D eigenvalue weighted by molar-refractivity contribution is 9.10. The van der Waals surface area contributed by atoms with E-state index in [0.29, 0.717) is 12.0 Å². The van der Waals surface area contributed by atoms with E-state index < -0.39 is 0 Å². The van der Waals surface area contributed by atoms with Gasteiger partial charge < -0.3 is 9.47 Å². The second-order valence-electron chi connectivity index (χ2n) is 4.86. The van der Waals surface area contributed by atoms with Crippen molar-refractivity contribution < 1.29 is 9.47 Å². The lowest BCUT2D eigenvalue weighted by Crippen LogP contribution is -2.26. The Balaban J connectivity index is 1.79. The van der Waals surface area contributed by atoms with Crippen LogP contribution >= 0.6 is 15.9 Å². The summed E-state index contributed by atoms with van der Waals surface area (Å²) < 4.78 is 12.7. The summed E-state index contributed by atoms with van der Waals surface area (Å²) in [6.45, 7) is 1.66. The average molecular weight is 297 g/mol. The van der Waals surface area contributed by atoms with Crippen molar-refractivity contribution in [3.63, 3.8) is 0 Å². The van der Waals surface area contributed by atoms with Gasteiger partial charge in [-0.2, -0.15) is 0 Å². The van der Waals surface area contributed by atoms with E-state index in [9.17, 15) is 0 Å². The van der Waals surface area contributed by atoms with Crippen molar-refractivity contribution in [2.75, 3.05) is 13.2 Å². The van der Waals surface area contributed by atoms with Crippen LogP contribution in [0.4, 0.5) is 0 Å². The van der Waals surface area contributed by atoms with E-state index in [-0.39, 0.29) is 0 Å². The molecule has 0 atom stereocenters. The number of halogens is 1. The van der Waals surface area contributed by atoms with Gasteiger partial charge in [0.05, 0.1) is 13.2 Å². The van der Waals surface area contributed by atoms with Crippen LogP contribution in [-0.2, 0) is 4.74 Å². The van der Waals surface area contributed by atoms with Crippen LogP contribution in [0.5, 0.6) is 5.75 Å². The van der Waals surface area contributed by atoms with Gasteiger partial charge in [0.2, 0.25) is 0 Å². The van der Waals surface area contributed by atoms with Crippen molar-refractivity contribution in [3.05, 3.63) is 28.2 Å². The lowest BCUT2D eigenvalue weighted by Gasteiger charge is -2.25. The zero-order valence-corrected chi connectivity index (χ0v) is 11.4. The molecule has 3 rings (SSSR count). The van der Waals surface area contributed by atoms with Crippen LogP contribution < -0.4 is 4.74 Å². The van der Waals surface area contributed by atoms with E-state index in [2.05, 4.69) is 34.1 Å². The van der Waals surface area contributed by atoms with Crippen molar-refractivity contribution in [1.29, 1.82) is 0 Å². The number of hydrogen-bond acceptors (Lipinski definition) is 2. The number of rotatable bonds is 3. The van der Waals surface area contributed by atoms with Gasteiger partial charge in [-0.15, -0.1) is 0 Å². The third-order valence-electron chi connectivity index (χ3n) is 3.46. The molecule has 3 heteroatoms. The maximum absolute atomic E-state index is 6.16. The van der Waals surface area contributed by atoms with Crippen LogP contribution in [0.1, 0.15) is 37.2 Å². The molecule has 0 bridgehead atoms. The Morgan fingerprint density at radius 2 is 1.88 bits per heavy atom. The Hall–Kier alpha value is -0.540. The van der Waals surface area contributed by atoms with Gasteiger partial charge in [0, 0.05) is 22.9 Å². The van der Waals surface area contributed by atoms with E-state index in [4.69, 9.17) is 9.47 Å². The second kappa shape index (κ2) is 4.99. The normalized spacial score (nSPS) is 21.5. The number of benzene rings is 1. The summed E-state index contributed by atoms with van der Waals surface area (Å²) in [6.07, 6.45) is 4.95. The minimum Gasteiger partial charge on any atom is -0.490 e. The lowest BCUT2D eigenvalue weighted by molar-refractivity contribution is 0.0251. The monoisotopic (exact) mass is 296 g/mol. The molecular formula is C14H17BrO2. The van der Waals surface area contributed by atoms with Gasteiger partial charge in [0.25, 0.3) is 0 Å². The molecule has 2 fully saturated rings. The highest BCUT2D eigenvalue weighted by Crippen LogP contribution is 2.47. The lowest BCUT2D eigenvalue weighted by atomic mass is 10.1. The molecule has 0 spiro atoms. The SMILES string of the molecule is Brc1cccc(OC2CCOCC2)c1C1CC1. The van der Waals surface area contributed by atoms with Gasteiger partial charge in [-0.25, -0.2) is 0 Å². The van der Waals surface area contributed by atoms with Gasteiger partial charge in [-0.1, -0.05) is 22.0 Å². The molecule has 1 saturated carbocycles. The fraction of sp³-hybridized carbons (Fsp3) is 0.571. The largest absolute Gasteiger partial charge is 0.490 e. The van der Waals surface area contributed by atoms with Crippen LogP contribution in [-0.4, -0.2) is 19.3 Å². The Labute approximate surface area is 110 Å². The molecule has 1 aromatic carbocycles. The fourth-order valence-electron chi connectivity index (χ4n) is 2.36. The minimum absolute atomic E-state index is 0.329. The quantitative estimate of drug-likeness (QED) is 0.843. The van der Waals surface area contributed by atoms with Crippen LogP contribution in [0.15, 0.2) is 22.7 Å². The first-order valence-electron chi connectivity index (χ1n) is 6.37. The molecular weight excluding hydrogens is 280 g/mol. The Morgan fingerprint density at radius 3 is 2.59 bits per heavy atom. The molecule has 1 saturated heterocycles. The van der Waals surface area contributed by atoms with E-state index >= 15 is 0 Å². The molecule has 0 N–H and O–H groups in total. The highest BCUT2D eigenvalue weighted by Gasteiger charge is 2.29. The molecule has 1 heterocycles. The summed E-state index contributed by atoms with van der Waals surface area (Å²) in [5, 5.41) is 0. The van der Waals surface area contributed by atoms with Gasteiger partial charge >= 0.3 is 0 Å². The maximum Gasteiger partial charge on any atom is 0.124 e. The smallest absolute Gasteiger partial charge is 0.124 e. The summed E-state index contributed by atoms with van der Waals surface area (Å²) in [4.78, 5) is 0. The molecule has 2 aliphatic rings. The summed E-state index contributed by atoms with van der Waals surface area (Å²) in [6, 6.07) is 6.28. The third kappa shape index (κ3) is 2.66. The first-order valence-corrected chi connectivity index (χ1v) is 7.16. The molecule has 1 aromatic rings. The van der Waals surface area contributed by atoms with E-state index in [0.717, 1.165) is 31.8 Å². The van der Waals surface area contributed by atoms with E-state index in [1.165, 1.54) is 22.9 Å². The fourth-order valence-corrected chi connectivity index (χ4v) is 3.03. The van der Waals surface area contributed by atoms with Crippen LogP contribution in [0.2, 0.25) is 0 Å². The predicted molar refractivity (Wildman–Crippen MR) is 70.6 cm³/mol. The molecule has 17 heavy (non-hydrogen) atoms. The maximum atomic E-state index is 6.16. The predicted octanol–water partition coefficient (Wildman–Crippen LogP) is 3.88. The molecule has 0 unspecified atom stereocenters. The average Bonchev–Trinajstić information content (AvgIpc) is 3.15. The molecule has 0 aromatic heterocycles. The number of hydrogen-bond donors (Lipinski definition) is 0. The van der Waals surface area contributed by atoms with Crippen LogP contribution in [0, 0.1) is 0 Å². The van der Waals surface area contributed by atoms with E-state index in [1.807, 2.05) is 0 Å². The van der Waals surface area contributed by atoms with Gasteiger partial charge in [-0.3, -0.25) is 0 Å². The summed E-state index contributed by atoms with van der Waals surface area (Å²) >= 11 is 3.65. The van der Waals surface area contributed by atoms with Gasteiger partial charge in [-0.05, 0) is 30.9 Å². The summed E-state index contributed by atoms with van der Waals surface area (Å²) in [5.41, 5.74) is 1.37. The first kappa shape index (κ1) is 11.5. The zero-order valence-electron chi connectivity index (χ0n) is 9.82. The molecule has 2 nitrogen and oxygen atoms in total. The molecule has 0 amide bonds. The minimum atomic E-state index is 0.329. The van der Waals surface area contributed by atoms with Crippen molar-refractivity contribution >= 4 is 15.9 Å². The van der Waals surface area contributed by atoms with Gasteiger partial charge in [0.15, 0.2) is 0 Å². The topological polar surface area (TPSA) is 18.5 Å². The number of ether oxygens (including phenoxy) is 2. The van der Waals surface area contributed by atoms with Crippen molar-refractivity contribution in [3.8, 4) is 5.75 Å². The summed E-state index contributed by atoms with van der Waals surface area (Å²) in [5.74, 6) is 1.79. The Kier molecular flexibility index (Phi) is 3.39. The van der Waals surface area contributed by atoms with Crippen molar-refractivity contribution in [2.24, 2.45) is 0 Å². The molecule has 92 valence electrons. The van der Waals surface area contributed by atoms with E-state index in [1.54, 1.807) is 0 Å². The first-order chi connectivity index (χ1) is 8.34. The Morgan fingerprint density at radius 1 is 1.12 bits per heavy atom. The van der Waals surface area contributed by atoms with Crippen molar-refractivity contribution in [2.45, 2.75) is 37.7 Å². The Bertz CT molecular complexity index is 395. The van der Waals surface area contributed by atoms with Crippen molar-refractivity contribution in [1.82, 2.24) is 0 Å².